The molecule has 2 aliphatic rings. The summed E-state index contributed by atoms with van der Waals surface area (Å²) < 4.78 is 0. The molecule has 3 atom stereocenters. The van der Waals surface area contributed by atoms with Gasteiger partial charge in [-0.1, -0.05) is 25.7 Å². The summed E-state index contributed by atoms with van der Waals surface area (Å²) in [5, 5.41) is 9.06. The maximum atomic E-state index is 11.0. The monoisotopic (exact) mass is 197 g/mol. The molecule has 0 bridgehead atoms. The van der Waals surface area contributed by atoms with Gasteiger partial charge >= 0.3 is 5.97 Å². The fraction of sp³-hybridized carbons (Fsp3) is 0.909. The first-order valence-corrected chi connectivity index (χ1v) is 5.64. The van der Waals surface area contributed by atoms with Crippen LogP contribution >= 0.6 is 0 Å². The SMILES string of the molecule is N[C@]1(C(=O)O)CC[C@@H]2CCCC[C@@H]2C1. The lowest BCUT2D eigenvalue weighted by Crippen LogP contribution is -2.53. The van der Waals surface area contributed by atoms with E-state index in [1.165, 1.54) is 25.7 Å². The maximum Gasteiger partial charge on any atom is 0.323 e. The standard InChI is InChI=1S/C11H19NO2/c12-11(10(13)14)6-5-8-3-1-2-4-9(8)7-11/h8-9H,1-7,12H2,(H,13,14)/t8-,9+,11+/m0/s1. The number of hydrogen-bond donors (Lipinski definition) is 2. The highest BCUT2D eigenvalue weighted by atomic mass is 16.4. The van der Waals surface area contributed by atoms with E-state index < -0.39 is 11.5 Å². The first kappa shape index (κ1) is 9.97. The van der Waals surface area contributed by atoms with Gasteiger partial charge in [0.15, 0.2) is 0 Å². The Morgan fingerprint density at radius 3 is 2.50 bits per heavy atom. The Bertz CT molecular complexity index is 241. The average Bonchev–Trinajstić information content (AvgIpc) is 2.17. The molecule has 3 heteroatoms. The van der Waals surface area contributed by atoms with Crippen LogP contribution in [0.4, 0.5) is 0 Å². The summed E-state index contributed by atoms with van der Waals surface area (Å²) in [6, 6.07) is 0. The lowest BCUT2D eigenvalue weighted by molar-refractivity contribution is -0.146. The lowest BCUT2D eigenvalue weighted by Gasteiger charge is -2.42. The fourth-order valence-corrected chi connectivity index (χ4v) is 3.14. The van der Waals surface area contributed by atoms with Gasteiger partial charge in [-0.25, -0.2) is 0 Å². The van der Waals surface area contributed by atoms with E-state index in [2.05, 4.69) is 0 Å². The second kappa shape index (κ2) is 3.54. The summed E-state index contributed by atoms with van der Waals surface area (Å²) in [6.45, 7) is 0. The average molecular weight is 197 g/mol. The minimum absolute atomic E-state index is 0.582. The first-order valence-electron chi connectivity index (χ1n) is 5.64. The summed E-state index contributed by atoms with van der Waals surface area (Å²) in [5.74, 6) is 0.542. The van der Waals surface area contributed by atoms with E-state index in [9.17, 15) is 4.79 Å². The van der Waals surface area contributed by atoms with Crippen LogP contribution in [-0.4, -0.2) is 16.6 Å². The van der Waals surface area contributed by atoms with E-state index in [0.29, 0.717) is 18.8 Å². The van der Waals surface area contributed by atoms with Crippen molar-refractivity contribution < 1.29 is 9.90 Å². The van der Waals surface area contributed by atoms with Crippen LogP contribution in [0.2, 0.25) is 0 Å². The molecule has 0 radical (unpaired) electrons. The number of nitrogens with two attached hydrogens (primary N) is 1. The van der Waals surface area contributed by atoms with Gasteiger partial charge in [-0.05, 0) is 31.1 Å². The third-order valence-electron chi connectivity index (χ3n) is 4.08. The predicted molar refractivity (Wildman–Crippen MR) is 53.9 cm³/mol. The molecular formula is C11H19NO2. The molecule has 0 aromatic heterocycles. The number of rotatable bonds is 1. The Morgan fingerprint density at radius 1 is 1.21 bits per heavy atom. The van der Waals surface area contributed by atoms with Gasteiger partial charge in [-0.15, -0.1) is 0 Å². The molecule has 0 heterocycles. The van der Waals surface area contributed by atoms with E-state index in [1.54, 1.807) is 0 Å². The Kier molecular flexibility index (Phi) is 2.52. The first-order chi connectivity index (χ1) is 6.62. The van der Waals surface area contributed by atoms with Crippen molar-refractivity contribution in [2.24, 2.45) is 17.6 Å². The Hall–Kier alpha value is -0.570. The van der Waals surface area contributed by atoms with Gasteiger partial charge in [-0.2, -0.15) is 0 Å². The summed E-state index contributed by atoms with van der Waals surface area (Å²) in [7, 11) is 0. The van der Waals surface area contributed by atoms with Crippen molar-refractivity contribution >= 4 is 5.97 Å². The van der Waals surface area contributed by atoms with E-state index in [1.807, 2.05) is 0 Å². The molecule has 2 aliphatic carbocycles. The summed E-state index contributed by atoms with van der Waals surface area (Å²) >= 11 is 0. The van der Waals surface area contributed by atoms with E-state index in [0.717, 1.165) is 12.3 Å². The van der Waals surface area contributed by atoms with Crippen LogP contribution in [0.3, 0.4) is 0 Å². The van der Waals surface area contributed by atoms with Gasteiger partial charge in [-0.3, -0.25) is 4.79 Å². The minimum Gasteiger partial charge on any atom is -0.480 e. The van der Waals surface area contributed by atoms with Crippen molar-refractivity contribution in [2.75, 3.05) is 0 Å². The number of carboxylic acids is 1. The molecule has 2 fully saturated rings. The van der Waals surface area contributed by atoms with Crippen LogP contribution < -0.4 is 5.73 Å². The van der Waals surface area contributed by atoms with Crippen molar-refractivity contribution in [2.45, 2.75) is 50.5 Å². The molecule has 3 N–H and O–H groups in total. The normalized spacial score (nSPS) is 42.9. The summed E-state index contributed by atoms with van der Waals surface area (Å²) in [4.78, 5) is 11.0. The van der Waals surface area contributed by atoms with E-state index >= 15 is 0 Å². The van der Waals surface area contributed by atoms with Crippen LogP contribution in [0.5, 0.6) is 0 Å². The topological polar surface area (TPSA) is 63.3 Å². The molecule has 0 unspecified atom stereocenters. The second-order valence-corrected chi connectivity index (χ2v) is 5.01. The number of aliphatic carboxylic acids is 1. The zero-order valence-corrected chi connectivity index (χ0v) is 8.54. The molecule has 0 aromatic carbocycles. The van der Waals surface area contributed by atoms with Crippen LogP contribution in [0.15, 0.2) is 0 Å². The highest BCUT2D eigenvalue weighted by Gasteiger charge is 2.43. The second-order valence-electron chi connectivity index (χ2n) is 5.01. The highest BCUT2D eigenvalue weighted by molar-refractivity contribution is 5.78. The molecule has 0 saturated heterocycles. The van der Waals surface area contributed by atoms with Crippen LogP contribution in [-0.2, 0) is 4.79 Å². The number of carboxylic acid groups (broad SMARTS) is 1. The largest absolute Gasteiger partial charge is 0.480 e. The number of carbonyl (C=O) groups is 1. The molecule has 80 valence electrons. The van der Waals surface area contributed by atoms with Crippen LogP contribution in [0.1, 0.15) is 44.9 Å². The Labute approximate surface area is 84.7 Å². The summed E-state index contributed by atoms with van der Waals surface area (Å²) in [6.07, 6.45) is 7.46. The third-order valence-corrected chi connectivity index (χ3v) is 4.08. The van der Waals surface area contributed by atoms with Crippen LogP contribution in [0.25, 0.3) is 0 Å². The lowest BCUT2D eigenvalue weighted by atomic mass is 9.65. The molecule has 0 aliphatic heterocycles. The number of fused-ring (bicyclic) bond motifs is 1. The zero-order chi connectivity index (χ0) is 10.2. The van der Waals surface area contributed by atoms with Gasteiger partial charge in [0.05, 0.1) is 0 Å². The van der Waals surface area contributed by atoms with Crippen molar-refractivity contribution in [3.63, 3.8) is 0 Å². The number of hydrogen-bond acceptors (Lipinski definition) is 2. The molecule has 14 heavy (non-hydrogen) atoms. The van der Waals surface area contributed by atoms with Gasteiger partial charge in [0.1, 0.15) is 5.54 Å². The molecular weight excluding hydrogens is 178 g/mol. The van der Waals surface area contributed by atoms with E-state index in [4.69, 9.17) is 10.8 Å². The molecule has 0 amide bonds. The molecule has 3 nitrogen and oxygen atoms in total. The predicted octanol–water partition coefficient (Wildman–Crippen LogP) is 1.76. The smallest absolute Gasteiger partial charge is 0.323 e. The van der Waals surface area contributed by atoms with Crippen molar-refractivity contribution in [3.8, 4) is 0 Å². The van der Waals surface area contributed by atoms with Crippen LogP contribution in [0, 0.1) is 11.8 Å². The molecule has 0 aromatic rings. The fourth-order valence-electron chi connectivity index (χ4n) is 3.14. The minimum atomic E-state index is -0.918. The summed E-state index contributed by atoms with van der Waals surface area (Å²) in [5.41, 5.74) is 4.99. The van der Waals surface area contributed by atoms with Crippen molar-refractivity contribution in [1.29, 1.82) is 0 Å². The van der Waals surface area contributed by atoms with Gasteiger partial charge in [0.25, 0.3) is 0 Å². The Balaban J connectivity index is 2.05. The zero-order valence-electron chi connectivity index (χ0n) is 8.54. The van der Waals surface area contributed by atoms with E-state index in [-0.39, 0.29) is 0 Å². The quantitative estimate of drug-likeness (QED) is 0.673. The Morgan fingerprint density at radius 2 is 1.86 bits per heavy atom. The van der Waals surface area contributed by atoms with Gasteiger partial charge in [0, 0.05) is 0 Å². The van der Waals surface area contributed by atoms with Crippen molar-refractivity contribution in [1.82, 2.24) is 0 Å². The maximum absolute atomic E-state index is 11.0. The van der Waals surface area contributed by atoms with Crippen molar-refractivity contribution in [3.05, 3.63) is 0 Å². The molecule has 2 saturated carbocycles. The van der Waals surface area contributed by atoms with Gasteiger partial charge < -0.3 is 10.8 Å². The molecule has 0 spiro atoms. The van der Waals surface area contributed by atoms with Gasteiger partial charge in [0.2, 0.25) is 0 Å². The third kappa shape index (κ3) is 1.65. The highest BCUT2D eigenvalue weighted by Crippen LogP contribution is 2.43. The molecule has 2 rings (SSSR count).